The van der Waals surface area contributed by atoms with Crippen LogP contribution in [0.2, 0.25) is 13.1 Å². The van der Waals surface area contributed by atoms with Crippen LogP contribution < -0.4 is 0 Å². The van der Waals surface area contributed by atoms with Gasteiger partial charge in [-0.05, 0) is 43.2 Å². The van der Waals surface area contributed by atoms with Gasteiger partial charge in [0.05, 0.1) is 6.10 Å². The molecule has 0 bridgehead atoms. The third-order valence-corrected chi connectivity index (χ3v) is 4.35. The number of aliphatic hydroxyl groups is 1. The number of allylic oxidation sites excluding steroid dienone is 2. The number of hydrogen-bond acceptors (Lipinski definition) is 2. The first kappa shape index (κ1) is 14.9. The third-order valence-electron chi connectivity index (χ3n) is 3.51. The average Bonchev–Trinajstić information content (AvgIpc) is 2.24. The summed E-state index contributed by atoms with van der Waals surface area (Å²) in [5, 5.41) is 9.53. The normalized spacial score (nSPS) is 27.5. The van der Waals surface area contributed by atoms with Crippen LogP contribution >= 0.6 is 0 Å². The van der Waals surface area contributed by atoms with Crippen molar-refractivity contribution in [1.29, 1.82) is 0 Å². The van der Waals surface area contributed by atoms with Gasteiger partial charge in [0.2, 0.25) is 0 Å². The van der Waals surface area contributed by atoms with Crippen molar-refractivity contribution in [3.05, 3.63) is 12.2 Å². The Hall–Kier alpha value is -0.123. The van der Waals surface area contributed by atoms with Gasteiger partial charge >= 0.3 is 0 Å². The van der Waals surface area contributed by atoms with Crippen LogP contribution in [0.1, 0.15) is 33.6 Å². The van der Waals surface area contributed by atoms with Gasteiger partial charge in [-0.2, -0.15) is 0 Å². The Morgan fingerprint density at radius 1 is 1.29 bits per heavy atom. The van der Waals surface area contributed by atoms with Crippen LogP contribution in [0.5, 0.6) is 0 Å². The molecule has 1 aliphatic carbocycles. The van der Waals surface area contributed by atoms with Crippen molar-refractivity contribution in [2.24, 2.45) is 17.3 Å². The minimum absolute atomic E-state index is 0.153. The highest BCUT2D eigenvalue weighted by Crippen LogP contribution is 2.38. The van der Waals surface area contributed by atoms with E-state index in [9.17, 15) is 5.11 Å². The third kappa shape index (κ3) is 4.23. The second-order valence-electron chi connectivity index (χ2n) is 6.52. The minimum atomic E-state index is -1.04. The predicted molar refractivity (Wildman–Crippen MR) is 75.6 cm³/mol. The molecule has 2 nitrogen and oxygen atoms in total. The molecule has 0 saturated carbocycles. The quantitative estimate of drug-likeness (QED) is 0.619. The number of hydrogen-bond donors (Lipinski definition) is 1. The summed E-state index contributed by atoms with van der Waals surface area (Å²) < 4.78 is 6.28. The smallest absolute Gasteiger partial charge is 0.171 e. The molecular weight excluding hydrogens is 228 g/mol. The summed E-state index contributed by atoms with van der Waals surface area (Å²) in [6, 6.07) is 0. The summed E-state index contributed by atoms with van der Waals surface area (Å²) in [4.78, 5) is 0. The zero-order chi connectivity index (χ0) is 13.1. The van der Waals surface area contributed by atoms with Crippen LogP contribution in [-0.2, 0) is 4.43 Å². The van der Waals surface area contributed by atoms with Crippen molar-refractivity contribution in [3.8, 4) is 0 Å². The molecule has 1 rings (SSSR count). The Labute approximate surface area is 108 Å². The molecule has 0 heterocycles. The first-order valence-corrected chi connectivity index (χ1v) is 9.55. The minimum Gasteiger partial charge on any atom is -0.417 e. The van der Waals surface area contributed by atoms with E-state index in [1.54, 1.807) is 0 Å². The van der Waals surface area contributed by atoms with Gasteiger partial charge in [0, 0.05) is 6.61 Å². The van der Waals surface area contributed by atoms with E-state index in [1.165, 1.54) is 0 Å². The van der Waals surface area contributed by atoms with Gasteiger partial charge in [0.25, 0.3) is 0 Å². The summed E-state index contributed by atoms with van der Waals surface area (Å²) in [7, 11) is -1.04. The summed E-state index contributed by atoms with van der Waals surface area (Å²) in [5.74, 6) is 0.844. The van der Waals surface area contributed by atoms with Crippen molar-refractivity contribution >= 4 is 9.04 Å². The lowest BCUT2D eigenvalue weighted by Crippen LogP contribution is -2.43. The molecule has 1 aliphatic rings. The topological polar surface area (TPSA) is 29.5 Å². The van der Waals surface area contributed by atoms with Gasteiger partial charge in [0.15, 0.2) is 9.04 Å². The molecule has 0 radical (unpaired) electrons. The van der Waals surface area contributed by atoms with E-state index in [0.717, 1.165) is 12.8 Å². The SMILES string of the molecule is C[SiH](C)OC([C@H]1CC=CC[C@@H]1CO)C(C)(C)C. The molecule has 1 N–H and O–H groups in total. The Morgan fingerprint density at radius 3 is 2.35 bits per heavy atom. The van der Waals surface area contributed by atoms with Crippen molar-refractivity contribution < 1.29 is 9.53 Å². The molecule has 0 aromatic rings. The van der Waals surface area contributed by atoms with Crippen LogP contribution in [0.4, 0.5) is 0 Å². The molecule has 0 spiro atoms. The molecule has 3 atom stereocenters. The molecule has 1 unspecified atom stereocenters. The Kier molecular flexibility index (Phi) is 5.42. The van der Waals surface area contributed by atoms with Gasteiger partial charge in [-0.25, -0.2) is 0 Å². The molecular formula is C14H28O2Si. The second kappa shape index (κ2) is 6.16. The Morgan fingerprint density at radius 2 is 1.88 bits per heavy atom. The number of aliphatic hydroxyl groups excluding tert-OH is 1. The van der Waals surface area contributed by atoms with E-state index in [0.29, 0.717) is 11.8 Å². The fourth-order valence-electron chi connectivity index (χ4n) is 2.71. The van der Waals surface area contributed by atoms with Crippen LogP contribution in [-0.4, -0.2) is 26.9 Å². The van der Waals surface area contributed by atoms with Crippen LogP contribution in [0.3, 0.4) is 0 Å². The molecule has 100 valence electrons. The van der Waals surface area contributed by atoms with Crippen LogP contribution in [0.15, 0.2) is 12.2 Å². The Balaban J connectivity index is 2.84. The molecule has 0 aromatic heterocycles. The van der Waals surface area contributed by atoms with Crippen molar-refractivity contribution in [2.45, 2.75) is 52.8 Å². The lowest BCUT2D eigenvalue weighted by atomic mass is 9.72. The summed E-state index contributed by atoms with van der Waals surface area (Å²) in [6.07, 6.45) is 6.77. The van der Waals surface area contributed by atoms with E-state index in [-0.39, 0.29) is 18.1 Å². The molecule has 0 aromatic carbocycles. The predicted octanol–water partition coefficient (Wildman–Crippen LogP) is 2.98. The molecule has 0 saturated heterocycles. The maximum Gasteiger partial charge on any atom is 0.171 e. The number of rotatable bonds is 4. The van der Waals surface area contributed by atoms with Gasteiger partial charge in [0.1, 0.15) is 0 Å². The highest BCUT2D eigenvalue weighted by molar-refractivity contribution is 6.48. The van der Waals surface area contributed by atoms with Gasteiger partial charge in [-0.15, -0.1) is 0 Å². The first-order chi connectivity index (χ1) is 7.86. The molecule has 17 heavy (non-hydrogen) atoms. The average molecular weight is 256 g/mol. The largest absolute Gasteiger partial charge is 0.417 e. The first-order valence-electron chi connectivity index (χ1n) is 6.77. The molecule has 0 amide bonds. The van der Waals surface area contributed by atoms with Gasteiger partial charge in [-0.3, -0.25) is 0 Å². The van der Waals surface area contributed by atoms with Crippen LogP contribution in [0, 0.1) is 17.3 Å². The fraction of sp³-hybridized carbons (Fsp3) is 0.857. The zero-order valence-electron chi connectivity index (χ0n) is 11.9. The van der Waals surface area contributed by atoms with E-state index in [1.807, 2.05) is 0 Å². The lowest BCUT2D eigenvalue weighted by Gasteiger charge is -2.42. The monoisotopic (exact) mass is 256 g/mol. The lowest BCUT2D eigenvalue weighted by molar-refractivity contribution is -0.00599. The van der Waals surface area contributed by atoms with Crippen molar-refractivity contribution in [1.82, 2.24) is 0 Å². The van der Waals surface area contributed by atoms with Crippen LogP contribution in [0.25, 0.3) is 0 Å². The standard InChI is InChI=1S/C14H28O2Si/c1-14(2,3)13(16-17(4)5)12-9-7-6-8-11(12)10-15/h6-7,11-13,15,17H,8-10H2,1-5H3/t11-,12+,13?/m1/s1. The second-order valence-corrected chi connectivity index (χ2v) is 8.89. The summed E-state index contributed by atoms with van der Waals surface area (Å²) in [6.45, 7) is 11.5. The van der Waals surface area contributed by atoms with Crippen molar-refractivity contribution in [3.63, 3.8) is 0 Å². The summed E-state index contributed by atoms with van der Waals surface area (Å²) >= 11 is 0. The molecule has 0 aliphatic heterocycles. The van der Waals surface area contributed by atoms with Gasteiger partial charge < -0.3 is 9.53 Å². The Bertz CT molecular complexity index is 255. The molecule has 3 heteroatoms. The van der Waals surface area contributed by atoms with E-state index in [4.69, 9.17) is 4.43 Å². The van der Waals surface area contributed by atoms with E-state index < -0.39 is 9.04 Å². The highest BCUT2D eigenvalue weighted by Gasteiger charge is 2.37. The van der Waals surface area contributed by atoms with Gasteiger partial charge in [-0.1, -0.05) is 32.9 Å². The summed E-state index contributed by atoms with van der Waals surface area (Å²) in [5.41, 5.74) is 0.153. The van der Waals surface area contributed by atoms with Crippen molar-refractivity contribution in [2.75, 3.05) is 6.61 Å². The maximum atomic E-state index is 9.53. The van der Waals surface area contributed by atoms with E-state index in [2.05, 4.69) is 46.0 Å². The fourth-order valence-corrected chi connectivity index (χ4v) is 3.91. The zero-order valence-corrected chi connectivity index (χ0v) is 13.1. The molecule has 0 fully saturated rings. The highest BCUT2D eigenvalue weighted by atomic mass is 28.3. The van der Waals surface area contributed by atoms with E-state index >= 15 is 0 Å². The maximum absolute atomic E-state index is 9.53.